The minimum atomic E-state index is -5.20. The van der Waals surface area contributed by atoms with E-state index in [2.05, 4.69) is 9.84 Å². The Balaban J connectivity index is 2.56. The summed E-state index contributed by atoms with van der Waals surface area (Å²) >= 11 is 6.29. The molecule has 2 rings (SSSR count). The van der Waals surface area contributed by atoms with E-state index in [1.54, 1.807) is 13.0 Å². The predicted octanol–water partition coefficient (Wildman–Crippen LogP) is 4.89. The van der Waals surface area contributed by atoms with E-state index in [4.69, 9.17) is 11.6 Å². The molecule has 5 nitrogen and oxygen atoms in total. The molecule has 0 amide bonds. The number of carbonyl (C=O) groups excluding carboxylic acids is 2. The number of hydrogen-bond acceptors (Lipinski definition) is 4. The normalized spacial score (nSPS) is 11.3. The Labute approximate surface area is 164 Å². The quantitative estimate of drug-likeness (QED) is 0.527. The molecule has 0 atom stereocenters. The van der Waals surface area contributed by atoms with E-state index in [1.165, 1.54) is 13.1 Å². The van der Waals surface area contributed by atoms with E-state index in [0.29, 0.717) is 16.1 Å². The molecule has 0 bridgehead atoms. The first kappa shape index (κ1) is 21.7. The molecule has 28 heavy (non-hydrogen) atoms. The van der Waals surface area contributed by atoms with Gasteiger partial charge in [-0.15, -0.1) is 0 Å². The van der Waals surface area contributed by atoms with Crippen LogP contribution < -0.4 is 4.74 Å². The molecule has 1 heterocycles. The topological polar surface area (TPSA) is 61.2 Å². The van der Waals surface area contributed by atoms with Gasteiger partial charge in [-0.1, -0.05) is 17.2 Å². The summed E-state index contributed by atoms with van der Waals surface area (Å²) in [6.45, 7) is 7.35. The van der Waals surface area contributed by atoms with E-state index in [0.717, 1.165) is 22.0 Å². The van der Waals surface area contributed by atoms with Crippen molar-refractivity contribution in [1.29, 1.82) is 0 Å². The average Bonchev–Trinajstić information content (AvgIpc) is 2.94. The largest absolute Gasteiger partial charge is 0.491 e. The van der Waals surface area contributed by atoms with Crippen LogP contribution in [0.25, 0.3) is 5.57 Å². The molecule has 1 aromatic carbocycles. The standard InChI is InChI=1S/C19H18ClF3N2O3/c1-9(2)10(3)15-11(4)12(6-7-14(15)20)16(26)13-8-24-25(5)17(13)28-18(27)19(21,22)23/h6-8H,1-5H3. The highest BCUT2D eigenvalue weighted by Crippen LogP contribution is 2.33. The Morgan fingerprint density at radius 3 is 2.29 bits per heavy atom. The monoisotopic (exact) mass is 414 g/mol. The van der Waals surface area contributed by atoms with Gasteiger partial charge in [0.2, 0.25) is 5.88 Å². The van der Waals surface area contributed by atoms with Gasteiger partial charge < -0.3 is 4.74 Å². The third-order valence-corrected chi connectivity index (χ3v) is 4.65. The molecule has 0 aliphatic heterocycles. The van der Waals surface area contributed by atoms with Crippen molar-refractivity contribution in [3.8, 4) is 5.88 Å². The van der Waals surface area contributed by atoms with Crippen molar-refractivity contribution in [2.75, 3.05) is 0 Å². The molecule has 0 spiro atoms. The van der Waals surface area contributed by atoms with Crippen LogP contribution in [-0.2, 0) is 11.8 Å². The van der Waals surface area contributed by atoms with Crippen molar-refractivity contribution in [2.45, 2.75) is 33.9 Å². The van der Waals surface area contributed by atoms with Crippen molar-refractivity contribution >= 4 is 28.9 Å². The van der Waals surface area contributed by atoms with Crippen LogP contribution in [0.2, 0.25) is 5.02 Å². The minimum absolute atomic E-state index is 0.220. The summed E-state index contributed by atoms with van der Waals surface area (Å²) in [5, 5.41) is 4.19. The van der Waals surface area contributed by atoms with Crippen molar-refractivity contribution in [2.24, 2.45) is 7.05 Å². The number of aromatic nitrogens is 2. The Morgan fingerprint density at radius 2 is 1.75 bits per heavy atom. The highest BCUT2D eigenvalue weighted by atomic mass is 35.5. The number of ketones is 1. The number of ether oxygens (including phenoxy) is 1. The summed E-state index contributed by atoms with van der Waals surface area (Å²) < 4.78 is 42.9. The summed E-state index contributed by atoms with van der Waals surface area (Å²) in [6, 6.07) is 3.02. The summed E-state index contributed by atoms with van der Waals surface area (Å²) in [5.41, 5.74) is 3.07. The molecule has 0 aliphatic rings. The van der Waals surface area contributed by atoms with Crippen LogP contribution in [-0.4, -0.2) is 27.7 Å². The Kier molecular flexibility index (Phi) is 6.03. The minimum Gasteiger partial charge on any atom is -0.400 e. The van der Waals surface area contributed by atoms with Crippen LogP contribution in [0.15, 0.2) is 23.9 Å². The highest BCUT2D eigenvalue weighted by molar-refractivity contribution is 6.32. The summed E-state index contributed by atoms with van der Waals surface area (Å²) in [4.78, 5) is 24.2. The number of rotatable bonds is 4. The lowest BCUT2D eigenvalue weighted by Gasteiger charge is -2.15. The lowest BCUT2D eigenvalue weighted by Crippen LogP contribution is -2.29. The van der Waals surface area contributed by atoms with E-state index in [1.807, 2.05) is 20.8 Å². The van der Waals surface area contributed by atoms with Crippen LogP contribution in [0.3, 0.4) is 0 Å². The number of nitrogens with zero attached hydrogens (tertiary/aromatic N) is 2. The SMILES string of the molecule is CC(C)=C(C)c1c(Cl)ccc(C(=O)c2cnn(C)c2OC(=O)C(F)(F)F)c1C. The number of aryl methyl sites for hydroxylation is 1. The van der Waals surface area contributed by atoms with Crippen LogP contribution >= 0.6 is 11.6 Å². The van der Waals surface area contributed by atoms with Gasteiger partial charge >= 0.3 is 12.1 Å². The fraction of sp³-hybridized carbons (Fsp3) is 0.316. The van der Waals surface area contributed by atoms with Crippen molar-refractivity contribution < 1.29 is 27.5 Å². The second-order valence-electron chi connectivity index (χ2n) is 6.42. The lowest BCUT2D eigenvalue weighted by molar-refractivity contribution is -0.190. The Hall–Kier alpha value is -2.61. The Morgan fingerprint density at radius 1 is 1.14 bits per heavy atom. The van der Waals surface area contributed by atoms with Crippen molar-refractivity contribution in [3.63, 3.8) is 0 Å². The molecular weight excluding hydrogens is 397 g/mol. The zero-order valence-electron chi connectivity index (χ0n) is 15.9. The summed E-state index contributed by atoms with van der Waals surface area (Å²) in [5.74, 6) is -3.64. The Bertz CT molecular complexity index is 987. The molecule has 9 heteroatoms. The van der Waals surface area contributed by atoms with Crippen molar-refractivity contribution in [1.82, 2.24) is 9.78 Å². The van der Waals surface area contributed by atoms with Gasteiger partial charge in [0, 0.05) is 17.6 Å². The smallest absolute Gasteiger partial charge is 0.400 e. The maximum Gasteiger partial charge on any atom is 0.491 e. The maximum absolute atomic E-state index is 13.0. The van der Waals surface area contributed by atoms with Crippen LogP contribution in [0.1, 0.15) is 47.8 Å². The van der Waals surface area contributed by atoms with Crippen LogP contribution in [0.5, 0.6) is 5.88 Å². The van der Waals surface area contributed by atoms with Gasteiger partial charge in [-0.25, -0.2) is 9.48 Å². The van der Waals surface area contributed by atoms with E-state index in [9.17, 15) is 22.8 Å². The van der Waals surface area contributed by atoms with Gasteiger partial charge in [-0.05, 0) is 56.5 Å². The van der Waals surface area contributed by atoms with Gasteiger partial charge in [-0.2, -0.15) is 18.3 Å². The highest BCUT2D eigenvalue weighted by Gasteiger charge is 2.42. The molecule has 0 saturated heterocycles. The number of esters is 1. The number of alkyl halides is 3. The first-order valence-electron chi connectivity index (χ1n) is 8.15. The number of allylic oxidation sites excluding steroid dienone is 2. The average molecular weight is 415 g/mol. The molecule has 0 radical (unpaired) electrons. The molecule has 0 aliphatic carbocycles. The number of halogens is 4. The predicted molar refractivity (Wildman–Crippen MR) is 98.5 cm³/mol. The molecule has 1 aromatic heterocycles. The maximum atomic E-state index is 13.0. The van der Waals surface area contributed by atoms with E-state index in [-0.39, 0.29) is 11.1 Å². The third kappa shape index (κ3) is 4.11. The molecule has 0 fully saturated rings. The van der Waals surface area contributed by atoms with Gasteiger partial charge in [0.1, 0.15) is 5.56 Å². The van der Waals surface area contributed by atoms with Crippen molar-refractivity contribution in [3.05, 3.63) is 51.2 Å². The molecule has 2 aromatic rings. The second kappa shape index (κ2) is 7.79. The van der Waals surface area contributed by atoms with Gasteiger partial charge in [0.25, 0.3) is 0 Å². The number of hydrogen-bond donors (Lipinski definition) is 0. The first-order valence-corrected chi connectivity index (χ1v) is 8.53. The number of carbonyl (C=O) groups is 2. The van der Waals surface area contributed by atoms with Gasteiger partial charge in [-0.3, -0.25) is 4.79 Å². The van der Waals surface area contributed by atoms with Gasteiger partial charge in [0.15, 0.2) is 5.78 Å². The fourth-order valence-electron chi connectivity index (χ4n) is 2.63. The zero-order valence-corrected chi connectivity index (χ0v) is 16.6. The third-order valence-electron chi connectivity index (χ3n) is 4.33. The van der Waals surface area contributed by atoms with Crippen LogP contribution in [0, 0.1) is 6.92 Å². The molecule has 0 saturated carbocycles. The van der Waals surface area contributed by atoms with Gasteiger partial charge in [0.05, 0.1) is 6.20 Å². The van der Waals surface area contributed by atoms with E-state index >= 15 is 0 Å². The fourth-order valence-corrected chi connectivity index (χ4v) is 2.98. The molecular formula is C19H18ClF3N2O3. The van der Waals surface area contributed by atoms with E-state index < -0.39 is 23.8 Å². The molecule has 0 unspecified atom stereocenters. The number of benzene rings is 1. The zero-order chi connectivity index (χ0) is 21.4. The molecule has 0 N–H and O–H groups in total. The summed E-state index contributed by atoms with van der Waals surface area (Å²) in [7, 11) is 1.27. The molecule has 150 valence electrons. The summed E-state index contributed by atoms with van der Waals surface area (Å²) in [6.07, 6.45) is -4.14. The van der Waals surface area contributed by atoms with Crippen LogP contribution in [0.4, 0.5) is 13.2 Å². The second-order valence-corrected chi connectivity index (χ2v) is 6.83. The lowest BCUT2D eigenvalue weighted by atomic mass is 9.92. The first-order chi connectivity index (χ1) is 12.9.